The van der Waals surface area contributed by atoms with E-state index in [9.17, 15) is 34.5 Å². The van der Waals surface area contributed by atoms with E-state index < -0.39 is 109 Å². The van der Waals surface area contributed by atoms with Crippen molar-refractivity contribution in [1.82, 2.24) is 20.9 Å². The topological polar surface area (TPSA) is 251 Å². The Morgan fingerprint density at radius 1 is 0.820 bits per heavy atom. The molecule has 5 heterocycles. The lowest BCUT2D eigenvalue weighted by atomic mass is 9.83. The van der Waals surface area contributed by atoms with Gasteiger partial charge in [0, 0.05) is 19.4 Å². The van der Waals surface area contributed by atoms with Gasteiger partial charge in [-0.05, 0) is 24.0 Å². The molecule has 1 saturated carbocycles. The molecule has 6 N–H and O–H groups in total. The van der Waals surface area contributed by atoms with Crippen LogP contribution in [0, 0.1) is 5.92 Å². The predicted octanol–water partition coefficient (Wildman–Crippen LogP) is 0.391. The summed E-state index contributed by atoms with van der Waals surface area (Å²) in [5.41, 5.74) is 0.573. The van der Waals surface area contributed by atoms with E-state index in [4.69, 9.17) is 42.6 Å². The highest BCUT2D eigenvalue weighted by Gasteiger charge is 2.60. The highest BCUT2D eigenvalue weighted by molar-refractivity contribution is 5.78. The molecule has 20 heteroatoms. The molecule has 332 valence electrons. The number of benzene rings is 2. The number of rotatable bonds is 10. The Bertz CT molecular complexity index is 1870. The molecule has 61 heavy (non-hydrogen) atoms. The molecule has 1 aliphatic carbocycles. The maximum Gasteiger partial charge on any atom is 0.410 e. The molecular formula is C41H52N4O16. The number of aliphatic hydroxyl groups excluding tert-OH is 3. The Labute approximate surface area is 350 Å². The molecule has 0 radical (unpaired) electrons. The van der Waals surface area contributed by atoms with Crippen LogP contribution in [-0.4, -0.2) is 157 Å². The number of nitrogens with one attached hydrogen (secondary N) is 3. The molecule has 15 atom stereocenters. The van der Waals surface area contributed by atoms with Gasteiger partial charge in [-0.1, -0.05) is 67.6 Å². The Morgan fingerprint density at radius 3 is 2.11 bits per heavy atom. The van der Waals surface area contributed by atoms with Crippen LogP contribution in [0.25, 0.3) is 0 Å². The summed E-state index contributed by atoms with van der Waals surface area (Å²) >= 11 is 0. The van der Waals surface area contributed by atoms with Gasteiger partial charge in [0.15, 0.2) is 25.0 Å². The van der Waals surface area contributed by atoms with Crippen LogP contribution >= 0.6 is 0 Å². The summed E-state index contributed by atoms with van der Waals surface area (Å²) in [5, 5.41) is 42.2. The standard InChI is InChI=1S/C41H52N4O16/c1-21-13-27-33(34-29(45(2)40(52)60-34)37(57-27)61-36-26(46)15-41(20-56-36)19-53-18-28(47)44-41)59-35(21)58-32-25(43-39(51)55-17-23-11-7-4-8-12-23)14-24(30(48)31(32)49)42-38(50)54-16-22-9-5-3-6-10-22/h3-12,21,24-27,29-37,46,48-49H,13-20H2,1-2H3,(H,42,50)(H,43,51)(H,44,47)/t21?,24-,25?,26?,27+,29?,30?,31-,32-,33?,34?,35+,36-,37?,41+/m1/s1. The van der Waals surface area contributed by atoms with Crippen molar-refractivity contribution in [3.05, 3.63) is 71.8 Å². The zero-order valence-corrected chi connectivity index (χ0v) is 33.6. The summed E-state index contributed by atoms with van der Waals surface area (Å²) < 4.78 is 53.5. The van der Waals surface area contributed by atoms with E-state index in [0.29, 0.717) is 6.42 Å². The largest absolute Gasteiger partial charge is 0.445 e. The summed E-state index contributed by atoms with van der Waals surface area (Å²) in [4.78, 5) is 52.5. The predicted molar refractivity (Wildman–Crippen MR) is 205 cm³/mol. The number of hydrogen-bond acceptors (Lipinski definition) is 16. The van der Waals surface area contributed by atoms with Gasteiger partial charge in [-0.15, -0.1) is 0 Å². The van der Waals surface area contributed by atoms with Crippen LogP contribution in [0.4, 0.5) is 14.4 Å². The van der Waals surface area contributed by atoms with Gasteiger partial charge in [0.05, 0.1) is 36.9 Å². The van der Waals surface area contributed by atoms with Crippen molar-refractivity contribution in [1.29, 1.82) is 0 Å². The van der Waals surface area contributed by atoms with Crippen molar-refractivity contribution in [3.63, 3.8) is 0 Å². The molecule has 20 nitrogen and oxygen atoms in total. The van der Waals surface area contributed by atoms with Crippen molar-refractivity contribution in [2.45, 2.75) is 125 Å². The molecule has 0 aromatic heterocycles. The van der Waals surface area contributed by atoms with Gasteiger partial charge < -0.3 is 73.9 Å². The van der Waals surface area contributed by atoms with Crippen molar-refractivity contribution in [2.75, 3.05) is 26.9 Å². The van der Waals surface area contributed by atoms with Gasteiger partial charge in [-0.25, -0.2) is 14.4 Å². The number of carbonyl (C=O) groups is 4. The maximum atomic E-state index is 13.2. The van der Waals surface area contributed by atoms with Crippen molar-refractivity contribution in [3.8, 4) is 0 Å². The van der Waals surface area contributed by atoms with Crippen LogP contribution in [0.2, 0.25) is 0 Å². The van der Waals surface area contributed by atoms with Gasteiger partial charge in [-0.2, -0.15) is 0 Å². The fourth-order valence-corrected chi connectivity index (χ4v) is 8.88. The SMILES string of the molecule is CC1C[C@@H]2OC(O[C@H]3OC[C@@]4(COCC(=O)N4)CC3O)C3C(OC(=O)N3C)C2O[C@@H]1O[C@@H]1C(NC(=O)OCc2ccccc2)C[C@@H](NC(=O)OCc2ccccc2)C(O)[C@H]1O. The second-order valence-corrected chi connectivity index (χ2v) is 16.5. The third-order valence-electron chi connectivity index (χ3n) is 12.0. The minimum Gasteiger partial charge on any atom is -0.445 e. The lowest BCUT2D eigenvalue weighted by molar-refractivity contribution is -0.367. The molecule has 1 spiro atoms. The number of nitrogens with zero attached hydrogens (tertiary/aromatic N) is 1. The Kier molecular flexibility index (Phi) is 13.0. The third kappa shape index (κ3) is 9.57. The van der Waals surface area contributed by atoms with Gasteiger partial charge in [0.25, 0.3) is 0 Å². The Hall–Kier alpha value is -4.64. The molecule has 2 aromatic rings. The second kappa shape index (κ2) is 18.4. The van der Waals surface area contributed by atoms with Crippen LogP contribution in [-0.2, 0) is 60.6 Å². The van der Waals surface area contributed by atoms with Crippen LogP contribution < -0.4 is 16.0 Å². The first-order valence-electron chi connectivity index (χ1n) is 20.4. The normalized spacial score (nSPS) is 38.3. The molecule has 6 aliphatic rings. The molecule has 0 bridgehead atoms. The first-order valence-corrected chi connectivity index (χ1v) is 20.4. The van der Waals surface area contributed by atoms with E-state index >= 15 is 0 Å². The fraction of sp³-hybridized carbons (Fsp3) is 0.610. The fourth-order valence-electron chi connectivity index (χ4n) is 8.88. The molecular weight excluding hydrogens is 804 g/mol. The first-order chi connectivity index (χ1) is 29.4. The maximum absolute atomic E-state index is 13.2. The van der Waals surface area contributed by atoms with E-state index in [0.717, 1.165) is 11.1 Å². The number of hydrogen-bond donors (Lipinski definition) is 6. The zero-order valence-electron chi connectivity index (χ0n) is 33.6. The Morgan fingerprint density at radius 2 is 1.48 bits per heavy atom. The Balaban J connectivity index is 0.944. The monoisotopic (exact) mass is 856 g/mol. The van der Waals surface area contributed by atoms with E-state index in [1.807, 2.05) is 19.1 Å². The van der Waals surface area contributed by atoms with Crippen LogP contribution in [0.3, 0.4) is 0 Å². The average molecular weight is 857 g/mol. The average Bonchev–Trinajstić information content (AvgIpc) is 3.55. The van der Waals surface area contributed by atoms with E-state index in [2.05, 4.69) is 16.0 Å². The number of aliphatic hydroxyl groups is 3. The van der Waals surface area contributed by atoms with E-state index in [1.165, 1.54) is 11.9 Å². The van der Waals surface area contributed by atoms with Crippen LogP contribution in [0.15, 0.2) is 60.7 Å². The highest BCUT2D eigenvalue weighted by Crippen LogP contribution is 2.42. The number of alkyl carbamates (subject to hydrolysis) is 2. The zero-order chi connectivity index (χ0) is 42.8. The van der Waals surface area contributed by atoms with Crippen molar-refractivity contribution in [2.24, 2.45) is 5.92 Å². The number of fused-ring (bicyclic) bond motifs is 3. The molecule has 5 aliphatic heterocycles. The summed E-state index contributed by atoms with van der Waals surface area (Å²) in [7, 11) is 1.52. The van der Waals surface area contributed by atoms with Gasteiger partial charge in [0.2, 0.25) is 5.91 Å². The number of morpholine rings is 1. The van der Waals surface area contributed by atoms with E-state index in [1.54, 1.807) is 48.5 Å². The smallest absolute Gasteiger partial charge is 0.410 e. The number of amides is 4. The minimum absolute atomic E-state index is 0.00916. The van der Waals surface area contributed by atoms with E-state index in [-0.39, 0.29) is 51.8 Å². The first kappa shape index (κ1) is 43.0. The summed E-state index contributed by atoms with van der Waals surface area (Å²) in [5.74, 6) is -0.749. The van der Waals surface area contributed by atoms with Crippen molar-refractivity contribution < 1.29 is 77.1 Å². The summed E-state index contributed by atoms with van der Waals surface area (Å²) in [6.07, 6.45) is -13.6. The number of carbonyl (C=O) groups excluding carboxylic acids is 4. The van der Waals surface area contributed by atoms with Gasteiger partial charge >= 0.3 is 18.3 Å². The summed E-state index contributed by atoms with van der Waals surface area (Å²) in [6, 6.07) is 15.1. The quantitative estimate of drug-likeness (QED) is 0.177. The van der Waals surface area contributed by atoms with Crippen LogP contribution in [0.5, 0.6) is 0 Å². The molecule has 8 unspecified atom stereocenters. The molecule has 6 fully saturated rings. The minimum atomic E-state index is -1.65. The summed E-state index contributed by atoms with van der Waals surface area (Å²) in [6.45, 7) is 1.83. The second-order valence-electron chi connectivity index (χ2n) is 16.5. The number of likely N-dealkylation sites (N-methyl/N-ethyl adjacent to an activating group) is 1. The van der Waals surface area contributed by atoms with Gasteiger partial charge in [0.1, 0.15) is 56.4 Å². The highest BCUT2D eigenvalue weighted by atomic mass is 16.8. The molecule has 4 amide bonds. The molecule has 8 rings (SSSR count). The lowest BCUT2D eigenvalue weighted by Crippen LogP contribution is -2.68. The molecule has 2 aromatic carbocycles. The van der Waals surface area contributed by atoms with Crippen LogP contribution in [0.1, 0.15) is 37.3 Å². The third-order valence-corrected chi connectivity index (χ3v) is 12.0. The van der Waals surface area contributed by atoms with Crippen molar-refractivity contribution >= 4 is 24.2 Å². The lowest BCUT2D eigenvalue weighted by Gasteiger charge is -2.51. The van der Waals surface area contributed by atoms with Gasteiger partial charge in [-0.3, -0.25) is 9.69 Å². The molecule has 5 saturated heterocycles. The number of ether oxygens (including phenoxy) is 9.